The zero-order valence-electron chi connectivity index (χ0n) is 7.58. The first-order valence-corrected chi connectivity index (χ1v) is 5.32. The Morgan fingerprint density at radius 2 is 1.73 bits per heavy atom. The Bertz CT molecular complexity index is 451. The maximum atomic E-state index is 11.2. The molecule has 15 heavy (non-hydrogen) atoms. The number of carbonyl (C=O) groups is 2. The summed E-state index contributed by atoms with van der Waals surface area (Å²) in [6, 6.07) is 7.15. The van der Waals surface area contributed by atoms with Gasteiger partial charge in [0.05, 0.1) is 0 Å². The molecule has 0 radical (unpaired) electrons. The van der Waals surface area contributed by atoms with Crippen LogP contribution in [0.1, 0.15) is 5.56 Å². The van der Waals surface area contributed by atoms with Crippen LogP contribution in [0.4, 0.5) is 4.79 Å². The summed E-state index contributed by atoms with van der Waals surface area (Å²) >= 11 is 2.20. The fourth-order valence-corrected chi connectivity index (χ4v) is 1.57. The summed E-state index contributed by atoms with van der Waals surface area (Å²) in [5.41, 5.74) is 1.16. The molecule has 76 valence electrons. The van der Waals surface area contributed by atoms with Crippen LogP contribution in [0, 0.1) is 3.57 Å². The van der Waals surface area contributed by atoms with Gasteiger partial charge in [-0.1, -0.05) is 12.1 Å². The van der Waals surface area contributed by atoms with Gasteiger partial charge in [0.15, 0.2) is 0 Å². The summed E-state index contributed by atoms with van der Waals surface area (Å²) in [5.74, 6) is -0.390. The molecule has 0 unspecified atom stereocenters. The summed E-state index contributed by atoms with van der Waals surface area (Å²) in [7, 11) is 0. The average molecular weight is 314 g/mol. The molecular weight excluding hydrogens is 307 g/mol. The SMILES string of the molecule is O=C1NC(=O)/C(=C/c2ccc(I)cc2)N1. The molecule has 3 amide bonds. The minimum absolute atomic E-state index is 0.279. The fourth-order valence-electron chi connectivity index (χ4n) is 1.21. The van der Waals surface area contributed by atoms with Crippen LogP contribution in [0.3, 0.4) is 0 Å². The van der Waals surface area contributed by atoms with Crippen LogP contribution < -0.4 is 10.6 Å². The van der Waals surface area contributed by atoms with Crippen molar-refractivity contribution in [1.82, 2.24) is 10.6 Å². The highest BCUT2D eigenvalue weighted by atomic mass is 127. The zero-order valence-corrected chi connectivity index (χ0v) is 9.74. The van der Waals surface area contributed by atoms with Crippen molar-refractivity contribution in [1.29, 1.82) is 0 Å². The first-order chi connectivity index (χ1) is 7.15. The fraction of sp³-hybridized carbons (Fsp3) is 0. The molecule has 0 aromatic heterocycles. The van der Waals surface area contributed by atoms with E-state index in [9.17, 15) is 9.59 Å². The molecule has 0 spiro atoms. The summed E-state index contributed by atoms with van der Waals surface area (Å²) in [5, 5.41) is 4.57. The molecule has 0 aliphatic carbocycles. The van der Waals surface area contributed by atoms with E-state index in [0.29, 0.717) is 0 Å². The van der Waals surface area contributed by atoms with Crippen LogP contribution in [0.15, 0.2) is 30.0 Å². The molecule has 1 fully saturated rings. The smallest absolute Gasteiger partial charge is 0.303 e. The number of hydrogen-bond acceptors (Lipinski definition) is 2. The van der Waals surface area contributed by atoms with Crippen LogP contribution in [0.5, 0.6) is 0 Å². The van der Waals surface area contributed by atoms with Crippen LogP contribution in [0.25, 0.3) is 6.08 Å². The molecule has 1 saturated heterocycles. The highest BCUT2D eigenvalue weighted by molar-refractivity contribution is 14.1. The van der Waals surface area contributed by atoms with Gasteiger partial charge in [-0.25, -0.2) is 4.79 Å². The first kappa shape index (κ1) is 10.2. The van der Waals surface area contributed by atoms with Crippen molar-refractivity contribution in [2.75, 3.05) is 0 Å². The molecule has 1 aromatic rings. The van der Waals surface area contributed by atoms with Crippen molar-refractivity contribution in [3.63, 3.8) is 0 Å². The minimum Gasteiger partial charge on any atom is -0.303 e. The molecule has 5 heteroatoms. The number of urea groups is 1. The highest BCUT2D eigenvalue weighted by Gasteiger charge is 2.22. The lowest BCUT2D eigenvalue weighted by Gasteiger charge is -1.96. The van der Waals surface area contributed by atoms with E-state index in [-0.39, 0.29) is 5.70 Å². The van der Waals surface area contributed by atoms with Gasteiger partial charge in [0.2, 0.25) is 0 Å². The molecule has 1 aliphatic heterocycles. The number of rotatable bonds is 1. The van der Waals surface area contributed by atoms with Crippen molar-refractivity contribution in [3.05, 3.63) is 39.1 Å². The van der Waals surface area contributed by atoms with Crippen molar-refractivity contribution in [3.8, 4) is 0 Å². The van der Waals surface area contributed by atoms with Crippen LogP contribution in [-0.2, 0) is 4.79 Å². The highest BCUT2D eigenvalue weighted by Crippen LogP contribution is 2.11. The number of halogens is 1. The molecule has 4 nitrogen and oxygen atoms in total. The third kappa shape index (κ3) is 2.35. The van der Waals surface area contributed by atoms with Gasteiger partial charge in [-0.3, -0.25) is 10.1 Å². The molecule has 0 saturated carbocycles. The van der Waals surface area contributed by atoms with Crippen molar-refractivity contribution in [2.45, 2.75) is 0 Å². The Morgan fingerprint density at radius 1 is 1.07 bits per heavy atom. The molecule has 1 aromatic carbocycles. The number of hydrogen-bond donors (Lipinski definition) is 2. The van der Waals surface area contributed by atoms with Crippen LogP contribution >= 0.6 is 22.6 Å². The molecule has 0 atom stereocenters. The van der Waals surface area contributed by atoms with Crippen molar-refractivity contribution < 1.29 is 9.59 Å². The van der Waals surface area contributed by atoms with E-state index in [0.717, 1.165) is 9.13 Å². The second kappa shape index (κ2) is 4.01. The quantitative estimate of drug-likeness (QED) is 0.468. The van der Waals surface area contributed by atoms with Gasteiger partial charge >= 0.3 is 6.03 Å². The summed E-state index contributed by atoms with van der Waals surface area (Å²) in [6.45, 7) is 0. The van der Waals surface area contributed by atoms with E-state index in [1.165, 1.54) is 0 Å². The van der Waals surface area contributed by atoms with Gasteiger partial charge in [0, 0.05) is 3.57 Å². The Balaban J connectivity index is 2.27. The molecule has 0 bridgehead atoms. The first-order valence-electron chi connectivity index (χ1n) is 4.25. The molecule has 2 N–H and O–H groups in total. The summed E-state index contributed by atoms with van der Waals surface area (Å²) < 4.78 is 1.12. The van der Waals surface area contributed by atoms with Crippen LogP contribution in [-0.4, -0.2) is 11.9 Å². The van der Waals surface area contributed by atoms with Gasteiger partial charge in [-0.2, -0.15) is 0 Å². The second-order valence-electron chi connectivity index (χ2n) is 3.02. The Kier molecular flexibility index (Phi) is 2.72. The van der Waals surface area contributed by atoms with Gasteiger partial charge in [0.1, 0.15) is 5.70 Å². The third-order valence-corrected chi connectivity index (χ3v) is 2.62. The third-order valence-electron chi connectivity index (χ3n) is 1.90. The van der Waals surface area contributed by atoms with E-state index >= 15 is 0 Å². The Morgan fingerprint density at radius 3 is 2.27 bits per heavy atom. The minimum atomic E-state index is -0.475. The lowest BCUT2D eigenvalue weighted by molar-refractivity contribution is -0.115. The van der Waals surface area contributed by atoms with E-state index in [4.69, 9.17) is 0 Å². The molecule has 1 aliphatic rings. The second-order valence-corrected chi connectivity index (χ2v) is 4.26. The summed E-state index contributed by atoms with van der Waals surface area (Å²) in [4.78, 5) is 22.0. The molecule has 2 rings (SSSR count). The normalized spacial score (nSPS) is 17.8. The average Bonchev–Trinajstić information content (AvgIpc) is 2.49. The summed E-state index contributed by atoms with van der Waals surface area (Å²) in [6.07, 6.45) is 1.64. The van der Waals surface area contributed by atoms with E-state index in [1.54, 1.807) is 6.08 Å². The van der Waals surface area contributed by atoms with Crippen molar-refractivity contribution in [2.24, 2.45) is 0 Å². The largest absolute Gasteiger partial charge is 0.326 e. The van der Waals surface area contributed by atoms with Crippen molar-refractivity contribution >= 4 is 40.6 Å². The lowest BCUT2D eigenvalue weighted by Crippen LogP contribution is -2.22. The lowest BCUT2D eigenvalue weighted by atomic mass is 10.2. The van der Waals surface area contributed by atoms with E-state index in [2.05, 4.69) is 33.2 Å². The Hall–Kier alpha value is -1.37. The number of amides is 3. The monoisotopic (exact) mass is 314 g/mol. The molecular formula is C10H7IN2O2. The number of benzene rings is 1. The number of carbonyl (C=O) groups excluding carboxylic acids is 2. The van der Waals surface area contributed by atoms with Gasteiger partial charge < -0.3 is 5.32 Å². The predicted octanol–water partition coefficient (Wildman–Crippen LogP) is 1.47. The van der Waals surface area contributed by atoms with Crippen LogP contribution in [0.2, 0.25) is 0 Å². The van der Waals surface area contributed by atoms with Gasteiger partial charge in [0.25, 0.3) is 5.91 Å². The van der Waals surface area contributed by atoms with E-state index < -0.39 is 11.9 Å². The van der Waals surface area contributed by atoms with Gasteiger partial charge in [-0.15, -0.1) is 0 Å². The Labute approximate surface area is 99.9 Å². The zero-order chi connectivity index (χ0) is 10.8. The predicted molar refractivity (Wildman–Crippen MR) is 63.8 cm³/mol. The maximum Gasteiger partial charge on any atom is 0.326 e. The van der Waals surface area contributed by atoms with Gasteiger partial charge in [-0.05, 0) is 46.4 Å². The van der Waals surface area contributed by atoms with E-state index in [1.807, 2.05) is 24.3 Å². The number of imide groups is 1. The number of nitrogens with one attached hydrogen (secondary N) is 2. The molecule has 1 heterocycles. The maximum absolute atomic E-state index is 11.2. The topological polar surface area (TPSA) is 58.2 Å². The standard InChI is InChI=1S/C10H7IN2O2/c11-7-3-1-6(2-4-7)5-8-9(14)13-10(15)12-8/h1-5H,(H2,12,13,14,15)/b8-5-.